The van der Waals surface area contributed by atoms with Crippen molar-refractivity contribution in [1.82, 2.24) is 20.4 Å². The molecule has 3 heterocycles. The second kappa shape index (κ2) is 6.91. The number of aryl methyl sites for hydroxylation is 1. The van der Waals surface area contributed by atoms with Crippen molar-refractivity contribution in [2.45, 2.75) is 38.3 Å². The normalized spacial score (nSPS) is 22.8. The largest absolute Gasteiger partial charge is 0.334 e. The lowest BCUT2D eigenvalue weighted by atomic mass is 10.0. The van der Waals surface area contributed by atoms with E-state index in [2.05, 4.69) is 20.4 Å². The molecule has 1 aromatic heterocycles. The second-order valence-electron chi connectivity index (χ2n) is 6.28. The number of fused-ring (bicyclic) bond motifs is 2. The first kappa shape index (κ1) is 16.9. The van der Waals surface area contributed by atoms with Crippen LogP contribution in [0.4, 0.5) is 0 Å². The molecular formula is C17H21ClN4O2. The smallest absolute Gasteiger partial charge is 0.258 e. The number of benzene rings is 1. The second-order valence-corrected chi connectivity index (χ2v) is 6.28. The van der Waals surface area contributed by atoms with Crippen molar-refractivity contribution >= 4 is 18.3 Å². The summed E-state index contributed by atoms with van der Waals surface area (Å²) in [5.74, 6) is 1.06. The van der Waals surface area contributed by atoms with E-state index in [1.165, 1.54) is 0 Å². The Morgan fingerprint density at radius 3 is 2.83 bits per heavy atom. The van der Waals surface area contributed by atoms with Crippen molar-refractivity contribution in [3.63, 3.8) is 0 Å². The molecule has 7 heteroatoms. The fourth-order valence-electron chi connectivity index (χ4n) is 3.72. The zero-order chi connectivity index (χ0) is 15.8. The Labute approximate surface area is 147 Å². The molecule has 2 aliphatic heterocycles. The van der Waals surface area contributed by atoms with Gasteiger partial charge in [0.05, 0.1) is 11.1 Å². The van der Waals surface area contributed by atoms with Gasteiger partial charge in [-0.05, 0) is 44.9 Å². The number of hydrogen-bond donors (Lipinski definition) is 1. The Hall–Kier alpha value is -1.92. The number of nitrogens with zero attached hydrogens (tertiary/aromatic N) is 3. The van der Waals surface area contributed by atoms with Crippen molar-refractivity contribution in [2.75, 3.05) is 13.1 Å². The van der Waals surface area contributed by atoms with E-state index in [4.69, 9.17) is 4.52 Å². The predicted octanol–water partition coefficient (Wildman–Crippen LogP) is 2.43. The lowest BCUT2D eigenvalue weighted by molar-refractivity contribution is 0.0681. The first-order valence-corrected chi connectivity index (χ1v) is 8.17. The minimum atomic E-state index is 0. The number of nitrogens with one attached hydrogen (secondary N) is 1. The highest BCUT2D eigenvalue weighted by Crippen LogP contribution is 2.32. The molecular weight excluding hydrogens is 328 g/mol. The Kier molecular flexibility index (Phi) is 4.87. The summed E-state index contributed by atoms with van der Waals surface area (Å²) in [6.45, 7) is 3.64. The first-order valence-electron chi connectivity index (χ1n) is 8.17. The van der Waals surface area contributed by atoms with Crippen LogP contribution in [0.25, 0.3) is 11.5 Å². The van der Waals surface area contributed by atoms with Crippen molar-refractivity contribution in [3.8, 4) is 11.5 Å². The minimum absolute atomic E-state index is 0. The summed E-state index contributed by atoms with van der Waals surface area (Å²) >= 11 is 0. The van der Waals surface area contributed by atoms with Gasteiger partial charge >= 0.3 is 0 Å². The summed E-state index contributed by atoms with van der Waals surface area (Å²) in [6.07, 6.45) is 3.19. The Morgan fingerprint density at radius 1 is 1.25 bits per heavy atom. The molecule has 2 aliphatic rings. The van der Waals surface area contributed by atoms with Gasteiger partial charge in [0.15, 0.2) is 5.82 Å². The van der Waals surface area contributed by atoms with Gasteiger partial charge in [-0.15, -0.1) is 12.4 Å². The van der Waals surface area contributed by atoms with Crippen LogP contribution in [0.15, 0.2) is 28.8 Å². The van der Waals surface area contributed by atoms with Crippen molar-refractivity contribution < 1.29 is 9.32 Å². The lowest BCUT2D eigenvalue weighted by Gasteiger charge is -2.28. The molecule has 1 N–H and O–H groups in total. The molecule has 24 heavy (non-hydrogen) atoms. The van der Waals surface area contributed by atoms with Crippen molar-refractivity contribution in [3.05, 3.63) is 35.7 Å². The maximum Gasteiger partial charge on any atom is 0.258 e. The van der Waals surface area contributed by atoms with Gasteiger partial charge in [0.1, 0.15) is 0 Å². The summed E-state index contributed by atoms with van der Waals surface area (Å²) in [6, 6.07) is 8.13. The van der Waals surface area contributed by atoms with E-state index in [1.54, 1.807) is 6.92 Å². The zero-order valence-corrected chi connectivity index (χ0v) is 14.4. The fourth-order valence-corrected chi connectivity index (χ4v) is 3.72. The lowest BCUT2D eigenvalue weighted by Crippen LogP contribution is -2.42. The molecule has 2 bridgehead atoms. The number of amides is 1. The molecule has 0 spiro atoms. The molecule has 2 aromatic rings. The van der Waals surface area contributed by atoms with E-state index in [0.29, 0.717) is 23.3 Å². The number of carbonyl (C=O) groups excluding carboxylic acids is 1. The van der Waals surface area contributed by atoms with Gasteiger partial charge in [0.25, 0.3) is 11.8 Å². The van der Waals surface area contributed by atoms with E-state index in [9.17, 15) is 4.79 Å². The summed E-state index contributed by atoms with van der Waals surface area (Å²) in [4.78, 5) is 19.6. The van der Waals surface area contributed by atoms with Crippen molar-refractivity contribution in [2.24, 2.45) is 0 Å². The standard InChI is InChI=1S/C17H20N4O2.ClH/c1-11-19-16(23-20-11)14-4-2-3-5-15(14)17(22)21-12-6-7-13(21)10-18-9-8-12;/h2-5,12-13,18H,6-10H2,1H3;1H. The molecule has 0 saturated carbocycles. The third-order valence-corrected chi connectivity index (χ3v) is 4.80. The summed E-state index contributed by atoms with van der Waals surface area (Å²) in [5, 5.41) is 7.27. The Bertz CT molecular complexity index is 719. The van der Waals surface area contributed by atoms with Gasteiger partial charge < -0.3 is 14.7 Å². The fraction of sp³-hybridized carbons (Fsp3) is 0.471. The van der Waals surface area contributed by atoms with Crippen LogP contribution in [0.3, 0.4) is 0 Å². The summed E-state index contributed by atoms with van der Waals surface area (Å²) in [7, 11) is 0. The van der Waals surface area contributed by atoms with Gasteiger partial charge in [-0.1, -0.05) is 17.3 Å². The van der Waals surface area contributed by atoms with Crippen LogP contribution in [0.5, 0.6) is 0 Å². The van der Waals surface area contributed by atoms with Crippen LogP contribution in [0.1, 0.15) is 35.4 Å². The van der Waals surface area contributed by atoms with E-state index < -0.39 is 0 Å². The van der Waals surface area contributed by atoms with Gasteiger partial charge in [-0.25, -0.2) is 0 Å². The van der Waals surface area contributed by atoms with E-state index in [1.807, 2.05) is 24.3 Å². The van der Waals surface area contributed by atoms with Crippen LogP contribution < -0.4 is 5.32 Å². The zero-order valence-electron chi connectivity index (χ0n) is 13.6. The molecule has 4 rings (SSSR count). The topological polar surface area (TPSA) is 71.3 Å². The Morgan fingerprint density at radius 2 is 2.04 bits per heavy atom. The maximum atomic E-state index is 13.2. The number of hydrogen-bond acceptors (Lipinski definition) is 5. The van der Waals surface area contributed by atoms with Crippen LogP contribution in [0.2, 0.25) is 0 Å². The summed E-state index contributed by atoms with van der Waals surface area (Å²) < 4.78 is 5.28. The number of aromatic nitrogens is 2. The molecule has 2 atom stereocenters. The molecule has 2 fully saturated rings. The van der Waals surface area contributed by atoms with E-state index in [-0.39, 0.29) is 24.4 Å². The predicted molar refractivity (Wildman–Crippen MR) is 92.2 cm³/mol. The molecule has 6 nitrogen and oxygen atoms in total. The van der Waals surface area contributed by atoms with Gasteiger partial charge in [-0.2, -0.15) is 4.98 Å². The van der Waals surface area contributed by atoms with Crippen LogP contribution in [0, 0.1) is 6.92 Å². The quantitative estimate of drug-likeness (QED) is 0.902. The number of rotatable bonds is 2. The molecule has 128 valence electrons. The van der Waals surface area contributed by atoms with Crippen LogP contribution in [-0.2, 0) is 0 Å². The highest BCUT2D eigenvalue weighted by atomic mass is 35.5. The maximum absolute atomic E-state index is 13.2. The van der Waals surface area contributed by atoms with E-state index in [0.717, 1.165) is 37.9 Å². The minimum Gasteiger partial charge on any atom is -0.334 e. The number of carbonyl (C=O) groups is 1. The van der Waals surface area contributed by atoms with E-state index >= 15 is 0 Å². The molecule has 0 aliphatic carbocycles. The molecule has 1 amide bonds. The molecule has 0 radical (unpaired) electrons. The average molecular weight is 349 g/mol. The highest BCUT2D eigenvalue weighted by Gasteiger charge is 2.39. The van der Waals surface area contributed by atoms with Gasteiger partial charge in [0, 0.05) is 18.6 Å². The highest BCUT2D eigenvalue weighted by molar-refractivity contribution is 6.00. The average Bonchev–Trinajstić information content (AvgIpc) is 3.09. The molecule has 1 aromatic carbocycles. The Balaban J connectivity index is 0.00000169. The van der Waals surface area contributed by atoms with Gasteiger partial charge in [0.2, 0.25) is 0 Å². The third-order valence-electron chi connectivity index (χ3n) is 4.80. The number of halogens is 1. The van der Waals surface area contributed by atoms with Gasteiger partial charge in [-0.3, -0.25) is 4.79 Å². The molecule has 2 unspecified atom stereocenters. The first-order chi connectivity index (χ1) is 11.2. The van der Waals surface area contributed by atoms with Crippen LogP contribution in [-0.4, -0.2) is 46.1 Å². The SMILES string of the molecule is Cc1noc(-c2ccccc2C(=O)N2C3CCNCC2CC3)n1.Cl. The third kappa shape index (κ3) is 2.91. The van der Waals surface area contributed by atoms with Crippen molar-refractivity contribution in [1.29, 1.82) is 0 Å². The summed E-state index contributed by atoms with van der Waals surface area (Å²) in [5.41, 5.74) is 1.37. The molecule has 2 saturated heterocycles. The van der Waals surface area contributed by atoms with Crippen LogP contribution >= 0.6 is 12.4 Å². The monoisotopic (exact) mass is 348 g/mol.